The van der Waals surface area contributed by atoms with Crippen molar-refractivity contribution in [1.82, 2.24) is 19.7 Å². The van der Waals surface area contributed by atoms with Crippen molar-refractivity contribution in [3.8, 4) is 5.75 Å². The topological polar surface area (TPSA) is 88.2 Å². The second-order valence-electron chi connectivity index (χ2n) is 5.31. The lowest BCUT2D eigenvalue weighted by atomic mass is 10.2. The van der Waals surface area contributed by atoms with Crippen LogP contribution in [0.3, 0.4) is 0 Å². The van der Waals surface area contributed by atoms with Crippen LogP contribution in [0, 0.1) is 0 Å². The van der Waals surface area contributed by atoms with Gasteiger partial charge in [0.2, 0.25) is 0 Å². The van der Waals surface area contributed by atoms with Gasteiger partial charge in [0.15, 0.2) is 5.65 Å². The Hall–Kier alpha value is -3.48. The number of rotatable bonds is 3. The molecule has 0 saturated heterocycles. The fourth-order valence-electron chi connectivity index (χ4n) is 2.61. The molecule has 0 atom stereocenters. The SMILES string of the molecule is Cn1c2ccccc2c2nnc(N/N=C\c3ccccc3O)nc21. The van der Waals surface area contributed by atoms with Gasteiger partial charge >= 0.3 is 0 Å². The first-order chi connectivity index (χ1) is 11.7. The van der Waals surface area contributed by atoms with E-state index in [1.54, 1.807) is 18.2 Å². The maximum atomic E-state index is 9.70. The molecule has 4 aromatic rings. The third-order valence-electron chi connectivity index (χ3n) is 3.81. The van der Waals surface area contributed by atoms with Gasteiger partial charge in [-0.25, -0.2) is 5.43 Å². The van der Waals surface area contributed by atoms with E-state index >= 15 is 0 Å². The number of para-hydroxylation sites is 2. The summed E-state index contributed by atoms with van der Waals surface area (Å²) in [5.41, 5.74) is 5.87. The Kier molecular flexibility index (Phi) is 3.31. The Balaban J connectivity index is 1.67. The first-order valence-electron chi connectivity index (χ1n) is 7.39. The molecule has 0 aliphatic carbocycles. The molecule has 2 N–H and O–H groups in total. The van der Waals surface area contributed by atoms with E-state index in [-0.39, 0.29) is 5.75 Å². The molecule has 4 rings (SSSR count). The number of aromatic hydroxyl groups is 1. The molecule has 7 nitrogen and oxygen atoms in total. The molecule has 0 fully saturated rings. The number of anilines is 1. The fraction of sp³-hybridized carbons (Fsp3) is 0.0588. The number of benzene rings is 2. The molecule has 0 spiro atoms. The van der Waals surface area contributed by atoms with Gasteiger partial charge < -0.3 is 9.67 Å². The molecule has 2 aromatic carbocycles. The first kappa shape index (κ1) is 14.1. The van der Waals surface area contributed by atoms with Gasteiger partial charge in [-0.3, -0.25) is 0 Å². The molecule has 0 bridgehead atoms. The maximum absolute atomic E-state index is 9.70. The van der Waals surface area contributed by atoms with Crippen LogP contribution in [-0.4, -0.2) is 31.1 Å². The van der Waals surface area contributed by atoms with Crippen LogP contribution in [-0.2, 0) is 7.05 Å². The molecule has 24 heavy (non-hydrogen) atoms. The van der Waals surface area contributed by atoms with Crippen LogP contribution in [0.15, 0.2) is 53.6 Å². The van der Waals surface area contributed by atoms with Gasteiger partial charge in [0, 0.05) is 18.0 Å². The number of hydrogen-bond acceptors (Lipinski definition) is 6. The highest BCUT2D eigenvalue weighted by Gasteiger charge is 2.11. The van der Waals surface area contributed by atoms with Crippen molar-refractivity contribution in [2.75, 3.05) is 5.43 Å². The lowest BCUT2D eigenvalue weighted by Gasteiger charge is -2.00. The molecule has 2 aromatic heterocycles. The predicted molar refractivity (Wildman–Crippen MR) is 93.1 cm³/mol. The summed E-state index contributed by atoms with van der Waals surface area (Å²) in [6.45, 7) is 0. The summed E-state index contributed by atoms with van der Waals surface area (Å²) in [6.07, 6.45) is 1.50. The van der Waals surface area contributed by atoms with Crippen LogP contribution < -0.4 is 5.43 Å². The number of hydrogen-bond donors (Lipinski definition) is 2. The molecule has 118 valence electrons. The lowest BCUT2D eigenvalue weighted by molar-refractivity contribution is 0.474. The van der Waals surface area contributed by atoms with Crippen molar-refractivity contribution in [1.29, 1.82) is 0 Å². The van der Waals surface area contributed by atoms with E-state index in [1.807, 2.05) is 41.9 Å². The number of nitrogens with zero attached hydrogens (tertiary/aromatic N) is 5. The van der Waals surface area contributed by atoms with Gasteiger partial charge in [-0.05, 0) is 18.2 Å². The van der Waals surface area contributed by atoms with E-state index in [0.29, 0.717) is 11.5 Å². The zero-order valence-electron chi connectivity index (χ0n) is 12.9. The molecular weight excluding hydrogens is 304 g/mol. The maximum Gasteiger partial charge on any atom is 0.265 e. The predicted octanol–water partition coefficient (Wildman–Crippen LogP) is 2.67. The second-order valence-corrected chi connectivity index (χ2v) is 5.31. The van der Waals surface area contributed by atoms with E-state index in [4.69, 9.17) is 0 Å². The number of aromatic nitrogens is 4. The zero-order chi connectivity index (χ0) is 16.5. The van der Waals surface area contributed by atoms with Gasteiger partial charge in [0.05, 0.1) is 11.7 Å². The van der Waals surface area contributed by atoms with E-state index in [9.17, 15) is 5.11 Å². The van der Waals surface area contributed by atoms with Crippen LogP contribution >= 0.6 is 0 Å². The monoisotopic (exact) mass is 318 g/mol. The molecule has 2 heterocycles. The van der Waals surface area contributed by atoms with Crippen LogP contribution in [0.4, 0.5) is 5.95 Å². The number of nitrogens with one attached hydrogen (secondary N) is 1. The Morgan fingerprint density at radius 1 is 1.08 bits per heavy atom. The zero-order valence-corrected chi connectivity index (χ0v) is 12.9. The summed E-state index contributed by atoms with van der Waals surface area (Å²) in [6, 6.07) is 14.9. The largest absolute Gasteiger partial charge is 0.507 e. The van der Waals surface area contributed by atoms with Crippen LogP contribution in [0.2, 0.25) is 0 Å². The standard InChI is InChI=1S/C17H14N6O/c1-23-13-8-4-3-7-12(13)15-16(23)19-17(22-20-15)21-18-10-11-6-2-5-9-14(11)24/h2-10,24H,1H3,(H,19,21,22)/b18-10-. The molecule has 0 radical (unpaired) electrons. The van der Waals surface area contributed by atoms with Crippen LogP contribution in [0.5, 0.6) is 5.75 Å². The highest BCUT2D eigenvalue weighted by molar-refractivity contribution is 6.04. The van der Waals surface area contributed by atoms with Gasteiger partial charge in [-0.15, -0.1) is 10.2 Å². The lowest BCUT2D eigenvalue weighted by Crippen LogP contribution is -2.00. The first-order valence-corrected chi connectivity index (χ1v) is 7.39. The Morgan fingerprint density at radius 3 is 2.75 bits per heavy atom. The quantitative estimate of drug-likeness (QED) is 0.448. The summed E-state index contributed by atoms with van der Waals surface area (Å²) in [5, 5.41) is 23.1. The Morgan fingerprint density at radius 2 is 1.88 bits per heavy atom. The summed E-state index contributed by atoms with van der Waals surface area (Å²) in [7, 11) is 1.94. The summed E-state index contributed by atoms with van der Waals surface area (Å²) in [4.78, 5) is 4.47. The molecule has 7 heteroatoms. The van der Waals surface area contributed by atoms with E-state index < -0.39 is 0 Å². The van der Waals surface area contributed by atoms with E-state index in [0.717, 1.165) is 22.1 Å². The molecule has 0 unspecified atom stereocenters. The summed E-state index contributed by atoms with van der Waals surface area (Å²) in [5.74, 6) is 0.450. The van der Waals surface area contributed by atoms with E-state index in [2.05, 4.69) is 25.7 Å². The third kappa shape index (κ3) is 2.32. The van der Waals surface area contributed by atoms with Crippen molar-refractivity contribution in [3.05, 3.63) is 54.1 Å². The minimum absolute atomic E-state index is 0.159. The van der Waals surface area contributed by atoms with Crippen molar-refractivity contribution < 1.29 is 5.11 Å². The highest BCUT2D eigenvalue weighted by atomic mass is 16.3. The van der Waals surface area contributed by atoms with Crippen molar-refractivity contribution in [2.24, 2.45) is 12.1 Å². The second kappa shape index (κ2) is 5.62. The summed E-state index contributed by atoms with van der Waals surface area (Å²) >= 11 is 0. The Bertz CT molecular complexity index is 1070. The van der Waals surface area contributed by atoms with E-state index in [1.165, 1.54) is 6.21 Å². The fourth-order valence-corrected chi connectivity index (χ4v) is 2.61. The number of phenolic OH excluding ortho intramolecular Hbond substituents is 1. The molecule has 0 saturated carbocycles. The molecule has 0 aliphatic heterocycles. The third-order valence-corrected chi connectivity index (χ3v) is 3.81. The minimum Gasteiger partial charge on any atom is -0.507 e. The van der Waals surface area contributed by atoms with Crippen LogP contribution in [0.25, 0.3) is 22.1 Å². The Labute approximate surface area is 137 Å². The van der Waals surface area contributed by atoms with Gasteiger partial charge in [0.1, 0.15) is 11.3 Å². The number of phenols is 1. The average molecular weight is 318 g/mol. The van der Waals surface area contributed by atoms with Crippen molar-refractivity contribution in [3.63, 3.8) is 0 Å². The van der Waals surface area contributed by atoms with Crippen molar-refractivity contribution >= 4 is 34.2 Å². The summed E-state index contributed by atoms with van der Waals surface area (Å²) < 4.78 is 1.97. The number of fused-ring (bicyclic) bond motifs is 3. The number of aryl methyl sites for hydroxylation is 1. The normalized spacial score (nSPS) is 11.5. The number of hydrazone groups is 1. The van der Waals surface area contributed by atoms with Gasteiger partial charge in [0.25, 0.3) is 5.95 Å². The molecule has 0 amide bonds. The van der Waals surface area contributed by atoms with Gasteiger partial charge in [-0.2, -0.15) is 10.1 Å². The smallest absolute Gasteiger partial charge is 0.265 e. The van der Waals surface area contributed by atoms with Gasteiger partial charge in [-0.1, -0.05) is 30.3 Å². The molecule has 0 aliphatic rings. The van der Waals surface area contributed by atoms with Crippen molar-refractivity contribution in [2.45, 2.75) is 0 Å². The van der Waals surface area contributed by atoms with Crippen LogP contribution in [0.1, 0.15) is 5.56 Å². The molecular formula is C17H14N6O. The minimum atomic E-state index is 0.159. The average Bonchev–Trinajstić information content (AvgIpc) is 2.90. The highest BCUT2D eigenvalue weighted by Crippen LogP contribution is 2.24.